The number of rotatable bonds is 2. The van der Waals surface area contributed by atoms with Crippen molar-refractivity contribution in [3.05, 3.63) is 23.8 Å². The molecule has 0 unspecified atom stereocenters. The second kappa shape index (κ2) is 6.00. The Balaban J connectivity index is 1.84. The van der Waals surface area contributed by atoms with Crippen molar-refractivity contribution in [2.45, 2.75) is 69.0 Å². The maximum atomic E-state index is 12.6. The van der Waals surface area contributed by atoms with Crippen molar-refractivity contribution >= 4 is 23.2 Å². The van der Waals surface area contributed by atoms with E-state index in [0.29, 0.717) is 31.3 Å². The van der Waals surface area contributed by atoms with Gasteiger partial charge in [0.25, 0.3) is 0 Å². The van der Waals surface area contributed by atoms with Gasteiger partial charge < -0.3 is 15.3 Å². The van der Waals surface area contributed by atoms with E-state index in [-0.39, 0.29) is 24.0 Å². The Kier molecular flexibility index (Phi) is 4.35. The lowest BCUT2D eigenvalue weighted by molar-refractivity contribution is -0.171. The van der Waals surface area contributed by atoms with E-state index in [9.17, 15) is 24.9 Å². The van der Waals surface area contributed by atoms with Crippen LogP contribution in [0.1, 0.15) is 52.4 Å². The highest BCUT2D eigenvalue weighted by atomic mass is 35.5. The SMILES string of the molecule is C=C1C[C@H]2[C@@H]3CCC4=CC(=O)CC[C@]4(C)[C@@]3(Cl)[C@@H](O)C[C@]2(C)[C@@]1(O)C(=O)CO. The van der Waals surface area contributed by atoms with Crippen molar-refractivity contribution in [3.63, 3.8) is 0 Å². The van der Waals surface area contributed by atoms with E-state index in [2.05, 4.69) is 6.58 Å². The lowest BCUT2D eigenvalue weighted by Gasteiger charge is -2.64. The summed E-state index contributed by atoms with van der Waals surface area (Å²) in [5.41, 5.74) is -1.89. The van der Waals surface area contributed by atoms with Crippen LogP contribution in [0.25, 0.3) is 0 Å². The molecular weight excluding hydrogens is 380 g/mol. The number of carbonyl (C=O) groups excluding carboxylic acids is 2. The number of carbonyl (C=O) groups is 2. The van der Waals surface area contributed by atoms with Crippen molar-refractivity contribution in [2.24, 2.45) is 22.7 Å². The summed E-state index contributed by atoms with van der Waals surface area (Å²) in [6.45, 7) is 7.08. The monoisotopic (exact) mass is 408 g/mol. The Morgan fingerprint density at radius 3 is 2.64 bits per heavy atom. The van der Waals surface area contributed by atoms with Gasteiger partial charge in [-0.25, -0.2) is 0 Å². The van der Waals surface area contributed by atoms with Crippen LogP contribution in [0.2, 0.25) is 0 Å². The average Bonchev–Trinajstić information content (AvgIpc) is 2.84. The Morgan fingerprint density at radius 2 is 2.00 bits per heavy atom. The van der Waals surface area contributed by atoms with Crippen LogP contribution in [0, 0.1) is 22.7 Å². The van der Waals surface area contributed by atoms with Crippen molar-refractivity contribution in [2.75, 3.05) is 6.61 Å². The van der Waals surface area contributed by atoms with Crippen LogP contribution >= 0.6 is 11.6 Å². The predicted octanol–water partition coefficient (Wildman–Crippen LogP) is 2.31. The second-order valence-electron chi connectivity index (χ2n) is 9.72. The van der Waals surface area contributed by atoms with E-state index in [4.69, 9.17) is 11.6 Å². The predicted molar refractivity (Wildman–Crippen MR) is 105 cm³/mol. The zero-order chi connectivity index (χ0) is 20.7. The molecule has 4 rings (SSSR count). The lowest BCUT2D eigenvalue weighted by atomic mass is 9.45. The maximum absolute atomic E-state index is 12.6. The van der Waals surface area contributed by atoms with Gasteiger partial charge in [-0.05, 0) is 55.6 Å². The number of Topliss-reactive ketones (excluding diaryl/α,β-unsaturated/α-hetero) is 1. The summed E-state index contributed by atoms with van der Waals surface area (Å²) in [5.74, 6) is -0.811. The number of hydrogen-bond acceptors (Lipinski definition) is 5. The second-order valence-corrected chi connectivity index (χ2v) is 10.3. The molecule has 7 atom stereocenters. The maximum Gasteiger partial charge on any atom is 0.194 e. The number of fused-ring (bicyclic) bond motifs is 5. The van der Waals surface area contributed by atoms with Crippen LogP contribution < -0.4 is 0 Å². The molecule has 0 radical (unpaired) electrons. The Morgan fingerprint density at radius 1 is 1.32 bits per heavy atom. The summed E-state index contributed by atoms with van der Waals surface area (Å²) in [6, 6.07) is 0. The van der Waals surface area contributed by atoms with Gasteiger partial charge in [0.1, 0.15) is 6.61 Å². The first-order valence-corrected chi connectivity index (χ1v) is 10.5. The Labute approximate surface area is 170 Å². The van der Waals surface area contributed by atoms with E-state index in [1.165, 1.54) is 0 Å². The Hall–Kier alpha value is -1.01. The van der Waals surface area contributed by atoms with Gasteiger partial charge in [-0.3, -0.25) is 9.59 Å². The van der Waals surface area contributed by atoms with Crippen molar-refractivity contribution < 1.29 is 24.9 Å². The van der Waals surface area contributed by atoms with E-state index in [1.54, 1.807) is 6.08 Å². The fraction of sp³-hybridized carbons (Fsp3) is 0.727. The third kappa shape index (κ3) is 2.09. The zero-order valence-corrected chi connectivity index (χ0v) is 17.3. The van der Waals surface area contributed by atoms with Gasteiger partial charge in [-0.1, -0.05) is 26.0 Å². The van der Waals surface area contributed by atoms with Crippen LogP contribution in [-0.4, -0.2) is 50.1 Å². The molecule has 28 heavy (non-hydrogen) atoms. The number of allylic oxidation sites excluding steroid dienone is 1. The molecular formula is C22H29ClO5. The average molecular weight is 409 g/mol. The Bertz CT molecular complexity index is 805. The van der Waals surface area contributed by atoms with E-state index >= 15 is 0 Å². The molecule has 4 aliphatic rings. The minimum Gasteiger partial charge on any atom is -0.391 e. The van der Waals surface area contributed by atoms with Gasteiger partial charge >= 0.3 is 0 Å². The van der Waals surface area contributed by atoms with E-state index < -0.39 is 39.8 Å². The molecule has 0 bridgehead atoms. The highest BCUT2D eigenvalue weighted by molar-refractivity contribution is 6.26. The molecule has 5 nitrogen and oxygen atoms in total. The van der Waals surface area contributed by atoms with Crippen LogP contribution in [0.3, 0.4) is 0 Å². The topological polar surface area (TPSA) is 94.8 Å². The molecule has 0 saturated heterocycles. The molecule has 3 fully saturated rings. The van der Waals surface area contributed by atoms with Gasteiger partial charge in [0, 0.05) is 17.3 Å². The summed E-state index contributed by atoms with van der Waals surface area (Å²) >= 11 is 7.32. The third-order valence-electron chi connectivity index (χ3n) is 8.78. The molecule has 0 aromatic rings. The molecule has 6 heteroatoms. The fourth-order valence-electron chi connectivity index (χ4n) is 7.16. The standard InChI is InChI=1S/C22H29ClO5/c1-12-8-16-15-5-4-13-9-14(25)6-7-19(13,2)21(15,23)17(26)10-20(16,3)22(12,28)18(27)11-24/h9,15-17,24,26,28H,1,4-8,10-11H2,2-3H3/t15-,16-,17-,19-,20-,21-,22-/m0/s1. The first kappa shape index (κ1) is 20.3. The van der Waals surface area contributed by atoms with Gasteiger partial charge in [0.15, 0.2) is 17.2 Å². The van der Waals surface area contributed by atoms with E-state index in [1.807, 2.05) is 13.8 Å². The van der Waals surface area contributed by atoms with E-state index in [0.717, 1.165) is 12.0 Å². The number of hydrogen-bond donors (Lipinski definition) is 3. The number of alkyl halides is 1. The fourth-order valence-corrected chi connectivity index (χ4v) is 7.71. The summed E-state index contributed by atoms with van der Waals surface area (Å²) < 4.78 is 0. The number of halogens is 1. The molecule has 0 heterocycles. The largest absolute Gasteiger partial charge is 0.391 e. The molecule has 0 amide bonds. The van der Waals surface area contributed by atoms with Gasteiger partial charge in [0.05, 0.1) is 11.0 Å². The quantitative estimate of drug-likeness (QED) is 0.481. The lowest BCUT2D eigenvalue weighted by Crippen LogP contribution is -2.69. The number of ketones is 2. The molecule has 0 aromatic heterocycles. The zero-order valence-electron chi connectivity index (χ0n) is 16.5. The minimum absolute atomic E-state index is 0.110. The highest BCUT2D eigenvalue weighted by Crippen LogP contribution is 2.71. The number of aliphatic hydroxyl groups is 3. The highest BCUT2D eigenvalue weighted by Gasteiger charge is 2.74. The van der Waals surface area contributed by atoms with Gasteiger partial charge in [0.2, 0.25) is 0 Å². The molecule has 0 aliphatic heterocycles. The van der Waals surface area contributed by atoms with Crippen LogP contribution in [-0.2, 0) is 9.59 Å². The minimum atomic E-state index is -1.86. The molecule has 3 saturated carbocycles. The molecule has 4 aliphatic carbocycles. The van der Waals surface area contributed by atoms with Crippen LogP contribution in [0.5, 0.6) is 0 Å². The first-order valence-electron chi connectivity index (χ1n) is 10.1. The van der Waals surface area contributed by atoms with Crippen LogP contribution in [0.4, 0.5) is 0 Å². The third-order valence-corrected chi connectivity index (χ3v) is 9.73. The van der Waals surface area contributed by atoms with Crippen molar-refractivity contribution in [1.29, 1.82) is 0 Å². The first-order chi connectivity index (χ1) is 13.0. The van der Waals surface area contributed by atoms with Gasteiger partial charge in [-0.15, -0.1) is 11.6 Å². The molecule has 0 aromatic carbocycles. The normalized spacial score (nSPS) is 50.5. The van der Waals surface area contributed by atoms with Crippen molar-refractivity contribution in [1.82, 2.24) is 0 Å². The van der Waals surface area contributed by atoms with Crippen LogP contribution in [0.15, 0.2) is 23.8 Å². The summed E-state index contributed by atoms with van der Waals surface area (Å²) in [5, 5.41) is 32.2. The molecule has 0 spiro atoms. The smallest absolute Gasteiger partial charge is 0.194 e. The molecule has 154 valence electrons. The molecule has 3 N–H and O–H groups in total. The summed E-state index contributed by atoms with van der Waals surface area (Å²) in [6.07, 6.45) is 3.77. The number of aliphatic hydroxyl groups excluding tert-OH is 2. The van der Waals surface area contributed by atoms with Gasteiger partial charge in [-0.2, -0.15) is 0 Å². The summed E-state index contributed by atoms with van der Waals surface area (Å²) in [7, 11) is 0. The van der Waals surface area contributed by atoms with Crippen molar-refractivity contribution in [3.8, 4) is 0 Å². The summed E-state index contributed by atoms with van der Waals surface area (Å²) in [4.78, 5) is 23.6.